The van der Waals surface area contributed by atoms with Crippen molar-refractivity contribution in [3.05, 3.63) is 58.9 Å². The Morgan fingerprint density at radius 1 is 1.25 bits per heavy atom. The molecule has 0 aromatic heterocycles. The van der Waals surface area contributed by atoms with E-state index in [2.05, 4.69) is 11.4 Å². The summed E-state index contributed by atoms with van der Waals surface area (Å²) in [5, 5.41) is 3.77. The standard InChI is InChI=1S/C16H15ClFNO/c17-14-6-5-12(18)9-15(14)19-10-11-7-8-20-16-4-2-1-3-13(11)16/h1-6,9,11,19H,7-8,10H2. The zero-order valence-corrected chi connectivity index (χ0v) is 11.7. The lowest BCUT2D eigenvalue weighted by atomic mass is 9.93. The minimum atomic E-state index is -0.288. The van der Waals surface area contributed by atoms with E-state index >= 15 is 0 Å². The first kappa shape index (κ1) is 13.3. The van der Waals surface area contributed by atoms with Crippen LogP contribution in [-0.4, -0.2) is 13.2 Å². The molecule has 0 radical (unpaired) electrons. The first-order chi connectivity index (χ1) is 9.74. The van der Waals surface area contributed by atoms with E-state index in [1.807, 2.05) is 18.2 Å². The van der Waals surface area contributed by atoms with E-state index in [4.69, 9.17) is 16.3 Å². The third-order valence-electron chi connectivity index (χ3n) is 3.55. The predicted octanol–water partition coefficient (Wildman–Crippen LogP) is 4.46. The van der Waals surface area contributed by atoms with E-state index in [0.717, 1.165) is 12.2 Å². The van der Waals surface area contributed by atoms with Crippen molar-refractivity contribution in [2.75, 3.05) is 18.5 Å². The van der Waals surface area contributed by atoms with Crippen molar-refractivity contribution >= 4 is 17.3 Å². The van der Waals surface area contributed by atoms with Gasteiger partial charge < -0.3 is 10.1 Å². The number of rotatable bonds is 3. The Kier molecular flexibility index (Phi) is 3.79. The third kappa shape index (κ3) is 2.73. The normalized spacial score (nSPS) is 17.2. The fourth-order valence-electron chi connectivity index (χ4n) is 2.49. The molecule has 4 heteroatoms. The molecule has 2 aromatic rings. The second kappa shape index (κ2) is 5.71. The topological polar surface area (TPSA) is 21.3 Å². The van der Waals surface area contributed by atoms with E-state index < -0.39 is 0 Å². The van der Waals surface area contributed by atoms with Crippen LogP contribution in [0, 0.1) is 5.82 Å². The van der Waals surface area contributed by atoms with Gasteiger partial charge in [0.2, 0.25) is 0 Å². The minimum Gasteiger partial charge on any atom is -0.493 e. The van der Waals surface area contributed by atoms with Gasteiger partial charge in [0.05, 0.1) is 17.3 Å². The molecule has 1 aliphatic heterocycles. The summed E-state index contributed by atoms with van der Waals surface area (Å²) in [7, 11) is 0. The fraction of sp³-hybridized carbons (Fsp3) is 0.250. The molecule has 20 heavy (non-hydrogen) atoms. The summed E-state index contributed by atoms with van der Waals surface area (Å²) in [6.45, 7) is 1.42. The Bertz CT molecular complexity index is 617. The average molecular weight is 292 g/mol. The SMILES string of the molecule is Fc1ccc(Cl)c(NCC2CCOc3ccccc32)c1. The highest BCUT2D eigenvalue weighted by Gasteiger charge is 2.20. The summed E-state index contributed by atoms with van der Waals surface area (Å²) in [6.07, 6.45) is 0.941. The Morgan fingerprint density at radius 3 is 3.00 bits per heavy atom. The van der Waals surface area contributed by atoms with Crippen LogP contribution in [0.15, 0.2) is 42.5 Å². The molecule has 1 unspecified atom stereocenters. The van der Waals surface area contributed by atoms with Crippen LogP contribution in [0.3, 0.4) is 0 Å². The second-order valence-corrected chi connectivity index (χ2v) is 5.28. The monoisotopic (exact) mass is 291 g/mol. The molecule has 0 fully saturated rings. The van der Waals surface area contributed by atoms with Gasteiger partial charge in [0.15, 0.2) is 0 Å². The molecule has 2 nitrogen and oxygen atoms in total. The summed E-state index contributed by atoms with van der Waals surface area (Å²) >= 11 is 6.06. The highest BCUT2D eigenvalue weighted by molar-refractivity contribution is 6.33. The molecule has 0 aliphatic carbocycles. The van der Waals surface area contributed by atoms with Crippen LogP contribution in [0.4, 0.5) is 10.1 Å². The molecule has 0 saturated carbocycles. The van der Waals surface area contributed by atoms with Gasteiger partial charge in [-0.2, -0.15) is 0 Å². The summed E-state index contributed by atoms with van der Waals surface area (Å²) in [4.78, 5) is 0. The minimum absolute atomic E-state index is 0.288. The first-order valence-electron chi connectivity index (χ1n) is 6.64. The molecule has 1 N–H and O–H groups in total. The van der Waals surface area contributed by atoms with Crippen LogP contribution >= 0.6 is 11.6 Å². The van der Waals surface area contributed by atoms with Gasteiger partial charge in [-0.05, 0) is 36.2 Å². The molecule has 0 spiro atoms. The molecule has 3 rings (SSSR count). The van der Waals surface area contributed by atoms with Gasteiger partial charge in [-0.15, -0.1) is 0 Å². The van der Waals surface area contributed by atoms with Gasteiger partial charge in [-0.1, -0.05) is 29.8 Å². The quantitative estimate of drug-likeness (QED) is 0.901. The maximum atomic E-state index is 13.2. The highest BCUT2D eigenvalue weighted by atomic mass is 35.5. The summed E-state index contributed by atoms with van der Waals surface area (Å²) in [5.41, 5.74) is 1.83. The van der Waals surface area contributed by atoms with Crippen LogP contribution in [0.5, 0.6) is 5.75 Å². The second-order valence-electron chi connectivity index (χ2n) is 4.88. The molecular formula is C16H15ClFNO. The molecule has 1 atom stereocenters. The molecule has 0 bridgehead atoms. The van der Waals surface area contributed by atoms with Crippen molar-refractivity contribution in [1.82, 2.24) is 0 Å². The van der Waals surface area contributed by atoms with Crippen LogP contribution in [0.2, 0.25) is 5.02 Å². The van der Waals surface area contributed by atoms with Crippen molar-refractivity contribution in [3.8, 4) is 5.75 Å². The van der Waals surface area contributed by atoms with Gasteiger partial charge in [0.1, 0.15) is 11.6 Å². The molecule has 1 heterocycles. The number of halogens is 2. The number of ether oxygens (including phenoxy) is 1. The van der Waals surface area contributed by atoms with E-state index in [-0.39, 0.29) is 5.82 Å². The molecule has 104 valence electrons. The first-order valence-corrected chi connectivity index (χ1v) is 7.02. The molecule has 1 aliphatic rings. The Hall–Kier alpha value is -1.74. The van der Waals surface area contributed by atoms with Crippen molar-refractivity contribution < 1.29 is 9.13 Å². The van der Waals surface area contributed by atoms with Gasteiger partial charge in [0.25, 0.3) is 0 Å². The van der Waals surface area contributed by atoms with Crippen molar-refractivity contribution in [3.63, 3.8) is 0 Å². The van der Waals surface area contributed by atoms with E-state index in [0.29, 0.717) is 29.8 Å². The lowest BCUT2D eigenvalue weighted by Gasteiger charge is -2.26. The lowest BCUT2D eigenvalue weighted by molar-refractivity contribution is 0.270. The molecule has 0 saturated heterocycles. The number of hydrogen-bond donors (Lipinski definition) is 1. The Labute approximate surface area is 122 Å². The number of para-hydroxylation sites is 1. The van der Waals surface area contributed by atoms with Gasteiger partial charge in [-0.25, -0.2) is 4.39 Å². The number of fused-ring (bicyclic) bond motifs is 1. The van der Waals surface area contributed by atoms with Crippen LogP contribution < -0.4 is 10.1 Å². The molecule has 0 amide bonds. The third-order valence-corrected chi connectivity index (χ3v) is 3.88. The zero-order valence-electron chi connectivity index (χ0n) is 10.9. The van der Waals surface area contributed by atoms with E-state index in [9.17, 15) is 4.39 Å². The molecule has 2 aromatic carbocycles. The largest absolute Gasteiger partial charge is 0.493 e. The van der Waals surface area contributed by atoms with Crippen LogP contribution in [0.25, 0.3) is 0 Å². The van der Waals surface area contributed by atoms with Crippen molar-refractivity contribution in [1.29, 1.82) is 0 Å². The van der Waals surface area contributed by atoms with Gasteiger partial charge in [-0.3, -0.25) is 0 Å². The van der Waals surface area contributed by atoms with E-state index in [1.54, 1.807) is 6.07 Å². The van der Waals surface area contributed by atoms with Gasteiger partial charge >= 0.3 is 0 Å². The Balaban J connectivity index is 1.75. The van der Waals surface area contributed by atoms with Crippen LogP contribution in [0.1, 0.15) is 17.9 Å². The maximum Gasteiger partial charge on any atom is 0.125 e. The summed E-state index contributed by atoms with van der Waals surface area (Å²) in [5.74, 6) is 0.999. The number of benzene rings is 2. The fourth-order valence-corrected chi connectivity index (χ4v) is 2.68. The highest BCUT2D eigenvalue weighted by Crippen LogP contribution is 2.34. The number of nitrogens with one attached hydrogen (secondary N) is 1. The number of anilines is 1. The summed E-state index contributed by atoms with van der Waals surface area (Å²) < 4.78 is 18.9. The van der Waals surface area contributed by atoms with Crippen molar-refractivity contribution in [2.24, 2.45) is 0 Å². The van der Waals surface area contributed by atoms with Gasteiger partial charge in [0, 0.05) is 12.5 Å². The molecular weight excluding hydrogens is 277 g/mol. The zero-order chi connectivity index (χ0) is 13.9. The average Bonchev–Trinajstić information content (AvgIpc) is 2.48. The van der Waals surface area contributed by atoms with Crippen LogP contribution in [-0.2, 0) is 0 Å². The lowest BCUT2D eigenvalue weighted by Crippen LogP contribution is -2.20. The maximum absolute atomic E-state index is 13.2. The number of hydrogen-bond acceptors (Lipinski definition) is 2. The van der Waals surface area contributed by atoms with Crippen molar-refractivity contribution in [2.45, 2.75) is 12.3 Å². The predicted molar refractivity (Wildman–Crippen MR) is 79.2 cm³/mol. The Morgan fingerprint density at radius 2 is 2.10 bits per heavy atom. The summed E-state index contributed by atoms with van der Waals surface area (Å²) in [6, 6.07) is 12.4. The smallest absolute Gasteiger partial charge is 0.125 e. The van der Waals surface area contributed by atoms with E-state index in [1.165, 1.54) is 17.7 Å².